The Hall–Kier alpha value is -0.840. The third-order valence-corrected chi connectivity index (χ3v) is 2.89. The van der Waals surface area contributed by atoms with Crippen molar-refractivity contribution in [1.82, 2.24) is 14.7 Å². The van der Waals surface area contributed by atoms with Crippen LogP contribution in [0, 0.1) is 0 Å². The Labute approximate surface area is 98.4 Å². The molecule has 0 aliphatic carbocycles. The zero-order chi connectivity index (χ0) is 11.4. The summed E-state index contributed by atoms with van der Waals surface area (Å²) in [6.07, 6.45) is 2.46. The number of carbonyl (C=O) groups excluding carboxylic acids is 1. The lowest BCUT2D eigenvalue weighted by Crippen LogP contribution is -2.25. The largest absolute Gasteiger partial charge is 0.340 e. The van der Waals surface area contributed by atoms with Crippen LogP contribution in [0.3, 0.4) is 0 Å². The lowest BCUT2D eigenvalue weighted by molar-refractivity contribution is -0.130. The molecule has 5 heteroatoms. The summed E-state index contributed by atoms with van der Waals surface area (Å²) >= 11 is 3.44. The van der Waals surface area contributed by atoms with Gasteiger partial charge in [0.05, 0.1) is 16.7 Å². The highest BCUT2D eigenvalue weighted by molar-refractivity contribution is 9.10. The first-order valence-electron chi connectivity index (χ1n) is 5.04. The summed E-state index contributed by atoms with van der Waals surface area (Å²) in [5, 5.41) is 4.36. The van der Waals surface area contributed by atoms with Gasteiger partial charge >= 0.3 is 0 Å². The van der Waals surface area contributed by atoms with Gasteiger partial charge in [-0.15, -0.1) is 0 Å². The van der Waals surface area contributed by atoms with E-state index in [0.29, 0.717) is 13.0 Å². The molecule has 1 aromatic rings. The molecule has 84 valence electrons. The Morgan fingerprint density at radius 1 is 1.60 bits per heavy atom. The van der Waals surface area contributed by atoms with Crippen molar-refractivity contribution in [2.45, 2.75) is 33.4 Å². The third kappa shape index (κ3) is 3.06. The second-order valence-electron chi connectivity index (χ2n) is 3.38. The Bertz CT molecular complexity index is 348. The van der Waals surface area contributed by atoms with Crippen molar-refractivity contribution in [2.24, 2.45) is 0 Å². The highest BCUT2D eigenvalue weighted by Gasteiger charge is 2.11. The van der Waals surface area contributed by atoms with Crippen molar-refractivity contribution in [3.05, 3.63) is 16.4 Å². The second-order valence-corrected chi connectivity index (χ2v) is 4.24. The number of hydrogen-bond donors (Lipinski definition) is 0. The molecule has 0 bridgehead atoms. The second kappa shape index (κ2) is 5.30. The van der Waals surface area contributed by atoms with Gasteiger partial charge in [0, 0.05) is 26.2 Å². The molecule has 0 atom stereocenters. The third-order valence-electron chi connectivity index (χ3n) is 2.23. The summed E-state index contributed by atoms with van der Waals surface area (Å²) in [6.45, 7) is 5.28. The predicted octanol–water partition coefficient (Wildman–Crippen LogP) is 2.03. The van der Waals surface area contributed by atoms with Crippen LogP contribution in [-0.4, -0.2) is 27.6 Å². The Balaban J connectivity index is 2.71. The maximum Gasteiger partial charge on any atom is 0.222 e. The Morgan fingerprint density at radius 2 is 2.27 bits per heavy atom. The van der Waals surface area contributed by atoms with Crippen LogP contribution in [0.2, 0.25) is 0 Å². The maximum atomic E-state index is 11.4. The van der Waals surface area contributed by atoms with E-state index in [9.17, 15) is 4.79 Å². The summed E-state index contributed by atoms with van der Waals surface area (Å²) in [6, 6.07) is 0. The van der Waals surface area contributed by atoms with E-state index in [1.54, 1.807) is 11.9 Å². The first-order chi connectivity index (χ1) is 7.08. The molecule has 1 amide bonds. The molecule has 0 spiro atoms. The van der Waals surface area contributed by atoms with Gasteiger partial charge in [-0.2, -0.15) is 5.10 Å². The van der Waals surface area contributed by atoms with E-state index in [0.717, 1.165) is 16.7 Å². The van der Waals surface area contributed by atoms with E-state index in [1.165, 1.54) is 0 Å². The van der Waals surface area contributed by atoms with Gasteiger partial charge in [-0.05, 0) is 22.9 Å². The van der Waals surface area contributed by atoms with Crippen LogP contribution >= 0.6 is 15.9 Å². The fourth-order valence-electron chi connectivity index (χ4n) is 1.29. The molecule has 0 radical (unpaired) electrons. The van der Waals surface area contributed by atoms with Crippen LogP contribution < -0.4 is 0 Å². The Kier molecular flexibility index (Phi) is 4.32. The van der Waals surface area contributed by atoms with Crippen molar-refractivity contribution in [3.8, 4) is 0 Å². The number of carbonyl (C=O) groups is 1. The molecule has 4 nitrogen and oxygen atoms in total. The van der Waals surface area contributed by atoms with Gasteiger partial charge in [0.1, 0.15) is 0 Å². The lowest BCUT2D eigenvalue weighted by atomic mass is 10.3. The molecule has 0 unspecified atom stereocenters. The molecule has 15 heavy (non-hydrogen) atoms. The standard InChI is InChI=1S/C10H16BrN3O/c1-4-10(15)13(3)7-9-8(11)6-14(5-2)12-9/h6H,4-5,7H2,1-3H3. The number of rotatable bonds is 4. The first-order valence-corrected chi connectivity index (χ1v) is 5.83. The van der Waals surface area contributed by atoms with Gasteiger partial charge in [0.15, 0.2) is 0 Å². The van der Waals surface area contributed by atoms with Crippen LogP contribution in [0.25, 0.3) is 0 Å². The first kappa shape index (κ1) is 12.2. The van der Waals surface area contributed by atoms with E-state index in [1.807, 2.05) is 24.7 Å². The molecule has 0 saturated carbocycles. The predicted molar refractivity (Wildman–Crippen MR) is 62.4 cm³/mol. The zero-order valence-corrected chi connectivity index (χ0v) is 10.9. The number of aryl methyl sites for hydroxylation is 1. The van der Waals surface area contributed by atoms with Crippen LogP contribution in [0.5, 0.6) is 0 Å². The van der Waals surface area contributed by atoms with Gasteiger partial charge in [-0.3, -0.25) is 9.48 Å². The van der Waals surface area contributed by atoms with Crippen LogP contribution in [0.15, 0.2) is 10.7 Å². The van der Waals surface area contributed by atoms with Gasteiger partial charge in [0.25, 0.3) is 0 Å². The number of aromatic nitrogens is 2. The van der Waals surface area contributed by atoms with Crippen molar-refractivity contribution in [3.63, 3.8) is 0 Å². The molecular weight excluding hydrogens is 258 g/mol. The van der Waals surface area contributed by atoms with Crippen LogP contribution in [0.1, 0.15) is 26.0 Å². The van der Waals surface area contributed by atoms with Crippen LogP contribution in [-0.2, 0) is 17.9 Å². The fourth-order valence-corrected chi connectivity index (χ4v) is 1.73. The van der Waals surface area contributed by atoms with E-state index < -0.39 is 0 Å². The molecule has 1 heterocycles. The average molecular weight is 274 g/mol. The van der Waals surface area contributed by atoms with E-state index in [-0.39, 0.29) is 5.91 Å². The zero-order valence-electron chi connectivity index (χ0n) is 9.33. The minimum atomic E-state index is 0.132. The van der Waals surface area contributed by atoms with Crippen molar-refractivity contribution in [2.75, 3.05) is 7.05 Å². The Morgan fingerprint density at radius 3 is 2.73 bits per heavy atom. The summed E-state index contributed by atoms with van der Waals surface area (Å²) in [7, 11) is 1.79. The SMILES string of the molecule is CCC(=O)N(C)Cc1nn(CC)cc1Br. The van der Waals surface area contributed by atoms with Crippen LogP contribution in [0.4, 0.5) is 0 Å². The molecule has 0 N–H and O–H groups in total. The molecule has 0 aliphatic rings. The number of nitrogens with zero attached hydrogens (tertiary/aromatic N) is 3. The minimum Gasteiger partial charge on any atom is -0.340 e. The van der Waals surface area contributed by atoms with E-state index in [4.69, 9.17) is 0 Å². The molecule has 1 aromatic heterocycles. The summed E-state index contributed by atoms with van der Waals surface area (Å²) in [5.41, 5.74) is 0.904. The van der Waals surface area contributed by atoms with Crippen molar-refractivity contribution < 1.29 is 4.79 Å². The average Bonchev–Trinajstić information content (AvgIpc) is 2.58. The van der Waals surface area contributed by atoms with Gasteiger partial charge in [-0.1, -0.05) is 6.92 Å². The van der Waals surface area contributed by atoms with Crippen molar-refractivity contribution >= 4 is 21.8 Å². The van der Waals surface area contributed by atoms with E-state index >= 15 is 0 Å². The highest BCUT2D eigenvalue weighted by Crippen LogP contribution is 2.16. The highest BCUT2D eigenvalue weighted by atomic mass is 79.9. The maximum absolute atomic E-state index is 11.4. The van der Waals surface area contributed by atoms with Gasteiger partial charge in [0.2, 0.25) is 5.91 Å². The molecular formula is C10H16BrN3O. The van der Waals surface area contributed by atoms with Crippen molar-refractivity contribution in [1.29, 1.82) is 0 Å². The number of halogens is 1. The quantitative estimate of drug-likeness (QED) is 0.842. The summed E-state index contributed by atoms with van der Waals surface area (Å²) in [5.74, 6) is 0.132. The molecule has 0 aromatic carbocycles. The lowest BCUT2D eigenvalue weighted by Gasteiger charge is -2.14. The minimum absolute atomic E-state index is 0.132. The summed E-state index contributed by atoms with van der Waals surface area (Å²) < 4.78 is 2.81. The topological polar surface area (TPSA) is 38.1 Å². The van der Waals surface area contributed by atoms with E-state index in [2.05, 4.69) is 21.0 Å². The number of amides is 1. The normalized spacial score (nSPS) is 10.4. The summed E-state index contributed by atoms with van der Waals surface area (Å²) in [4.78, 5) is 13.1. The monoisotopic (exact) mass is 273 g/mol. The number of hydrogen-bond acceptors (Lipinski definition) is 2. The van der Waals surface area contributed by atoms with Gasteiger partial charge < -0.3 is 4.90 Å². The molecule has 0 fully saturated rings. The smallest absolute Gasteiger partial charge is 0.222 e. The molecule has 1 rings (SSSR count). The fraction of sp³-hybridized carbons (Fsp3) is 0.600. The van der Waals surface area contributed by atoms with Gasteiger partial charge in [-0.25, -0.2) is 0 Å². The molecule has 0 aliphatic heterocycles. The molecule has 0 saturated heterocycles.